The van der Waals surface area contributed by atoms with E-state index in [2.05, 4.69) is 0 Å². The van der Waals surface area contributed by atoms with Crippen LogP contribution in [-0.2, 0) is 4.79 Å². The van der Waals surface area contributed by atoms with Crippen molar-refractivity contribution in [1.29, 1.82) is 0 Å². The maximum atomic E-state index is 10.4. The molecule has 4 heteroatoms. The summed E-state index contributed by atoms with van der Waals surface area (Å²) in [4.78, 5) is 10.4. The number of hydrogen-bond acceptors (Lipinski definition) is 3. The summed E-state index contributed by atoms with van der Waals surface area (Å²) in [5.41, 5.74) is -1.02. The van der Waals surface area contributed by atoms with Crippen molar-refractivity contribution in [3.63, 3.8) is 0 Å². The summed E-state index contributed by atoms with van der Waals surface area (Å²) in [7, 11) is 0. The first kappa shape index (κ1) is 7.50. The predicted octanol–water partition coefficient (Wildman–Crippen LogP) is -0.938. The maximum absolute atomic E-state index is 10.4. The van der Waals surface area contributed by atoms with Crippen LogP contribution in [-0.4, -0.2) is 34.5 Å². The molecule has 2 unspecified atom stereocenters. The summed E-state index contributed by atoms with van der Waals surface area (Å²) in [5.74, 6) is -1.25. The number of carboxylic acid groups (broad SMARTS) is 1. The Balaban J connectivity index is 2.59. The standard InChI is InChI=1S/C6H10O4/c7-2-4-1-6(4,3-8)5(9)10/h4,7-8H,1-3H2,(H,9,10). The molecular formula is C6H10O4. The van der Waals surface area contributed by atoms with Gasteiger partial charge in [-0.1, -0.05) is 0 Å². The average Bonchev–Trinajstić information content (AvgIpc) is 2.62. The zero-order chi connectivity index (χ0) is 7.78. The van der Waals surface area contributed by atoms with Crippen LogP contribution in [0, 0.1) is 11.3 Å². The van der Waals surface area contributed by atoms with Crippen LogP contribution >= 0.6 is 0 Å². The Labute approximate surface area is 58.1 Å². The van der Waals surface area contributed by atoms with Crippen molar-refractivity contribution in [2.75, 3.05) is 13.2 Å². The SMILES string of the molecule is O=C(O)C1(CO)CC1CO. The quantitative estimate of drug-likeness (QED) is 0.480. The van der Waals surface area contributed by atoms with Crippen molar-refractivity contribution in [1.82, 2.24) is 0 Å². The van der Waals surface area contributed by atoms with E-state index in [-0.39, 0.29) is 19.1 Å². The predicted molar refractivity (Wildman–Crippen MR) is 32.3 cm³/mol. The van der Waals surface area contributed by atoms with E-state index < -0.39 is 11.4 Å². The second-order valence-electron chi connectivity index (χ2n) is 2.70. The molecule has 3 N–H and O–H groups in total. The van der Waals surface area contributed by atoms with Crippen LogP contribution < -0.4 is 0 Å². The number of carboxylic acids is 1. The first-order chi connectivity index (χ1) is 4.67. The zero-order valence-electron chi connectivity index (χ0n) is 5.45. The van der Waals surface area contributed by atoms with Gasteiger partial charge in [-0.05, 0) is 6.42 Å². The Hall–Kier alpha value is -0.610. The summed E-state index contributed by atoms with van der Waals surface area (Å²) in [5, 5.41) is 25.7. The molecule has 0 aromatic rings. The molecule has 0 aromatic heterocycles. The third kappa shape index (κ3) is 0.803. The lowest BCUT2D eigenvalue weighted by Gasteiger charge is -2.05. The van der Waals surface area contributed by atoms with E-state index in [1.807, 2.05) is 0 Å². The van der Waals surface area contributed by atoms with Crippen molar-refractivity contribution in [3.8, 4) is 0 Å². The monoisotopic (exact) mass is 146 g/mol. The maximum Gasteiger partial charge on any atom is 0.312 e. The van der Waals surface area contributed by atoms with E-state index in [1.165, 1.54) is 0 Å². The third-order valence-corrected chi connectivity index (χ3v) is 2.16. The van der Waals surface area contributed by atoms with Gasteiger partial charge in [0.1, 0.15) is 0 Å². The second-order valence-corrected chi connectivity index (χ2v) is 2.70. The Morgan fingerprint density at radius 2 is 2.20 bits per heavy atom. The Morgan fingerprint density at radius 3 is 2.30 bits per heavy atom. The van der Waals surface area contributed by atoms with Crippen molar-refractivity contribution in [3.05, 3.63) is 0 Å². The van der Waals surface area contributed by atoms with Gasteiger partial charge in [-0.2, -0.15) is 0 Å². The van der Waals surface area contributed by atoms with Crippen LogP contribution in [0.2, 0.25) is 0 Å². The summed E-state index contributed by atoms with van der Waals surface area (Å²) in [6.07, 6.45) is 0.398. The van der Waals surface area contributed by atoms with Gasteiger partial charge in [0.15, 0.2) is 0 Å². The molecule has 0 radical (unpaired) electrons. The third-order valence-electron chi connectivity index (χ3n) is 2.16. The molecule has 1 aliphatic rings. The lowest BCUT2D eigenvalue weighted by Crippen LogP contribution is -2.22. The minimum absolute atomic E-state index is 0.146. The molecule has 0 saturated heterocycles. The first-order valence-corrected chi connectivity index (χ1v) is 3.12. The first-order valence-electron chi connectivity index (χ1n) is 3.12. The van der Waals surface area contributed by atoms with Gasteiger partial charge in [0, 0.05) is 12.5 Å². The van der Waals surface area contributed by atoms with Crippen molar-refractivity contribution >= 4 is 5.97 Å². The zero-order valence-corrected chi connectivity index (χ0v) is 5.45. The Morgan fingerprint density at radius 1 is 1.60 bits per heavy atom. The molecular weight excluding hydrogens is 136 g/mol. The van der Waals surface area contributed by atoms with Gasteiger partial charge in [0.05, 0.1) is 12.0 Å². The highest BCUT2D eigenvalue weighted by Crippen LogP contribution is 2.51. The van der Waals surface area contributed by atoms with Gasteiger partial charge in [0.2, 0.25) is 0 Å². The highest BCUT2D eigenvalue weighted by Gasteiger charge is 2.59. The smallest absolute Gasteiger partial charge is 0.312 e. The fourth-order valence-electron chi connectivity index (χ4n) is 1.14. The van der Waals surface area contributed by atoms with Gasteiger partial charge in [0.25, 0.3) is 0 Å². The lowest BCUT2D eigenvalue weighted by atomic mass is 10.1. The number of carbonyl (C=O) groups is 1. The van der Waals surface area contributed by atoms with Gasteiger partial charge in [-0.25, -0.2) is 0 Å². The van der Waals surface area contributed by atoms with E-state index >= 15 is 0 Å². The molecule has 58 valence electrons. The summed E-state index contributed by atoms with van der Waals surface area (Å²) >= 11 is 0. The normalized spacial score (nSPS) is 37.6. The Kier molecular flexibility index (Phi) is 1.66. The molecule has 0 aromatic carbocycles. The van der Waals surface area contributed by atoms with E-state index in [1.54, 1.807) is 0 Å². The highest BCUT2D eigenvalue weighted by molar-refractivity contribution is 5.78. The molecule has 1 saturated carbocycles. The number of aliphatic hydroxyl groups excluding tert-OH is 2. The molecule has 0 heterocycles. The number of aliphatic hydroxyl groups is 2. The summed E-state index contributed by atoms with van der Waals surface area (Å²) in [6.45, 7) is -0.513. The number of hydrogen-bond donors (Lipinski definition) is 3. The van der Waals surface area contributed by atoms with Gasteiger partial charge in [-0.3, -0.25) is 4.79 Å². The molecule has 2 atom stereocenters. The van der Waals surface area contributed by atoms with E-state index in [4.69, 9.17) is 15.3 Å². The molecule has 1 aliphatic carbocycles. The number of aliphatic carboxylic acids is 1. The van der Waals surface area contributed by atoms with E-state index in [9.17, 15) is 4.79 Å². The largest absolute Gasteiger partial charge is 0.481 e. The van der Waals surface area contributed by atoms with Crippen molar-refractivity contribution < 1.29 is 20.1 Å². The topological polar surface area (TPSA) is 77.8 Å². The van der Waals surface area contributed by atoms with Gasteiger partial charge < -0.3 is 15.3 Å². The molecule has 1 rings (SSSR count). The van der Waals surface area contributed by atoms with Crippen LogP contribution in [0.4, 0.5) is 0 Å². The molecule has 0 bridgehead atoms. The average molecular weight is 146 g/mol. The van der Waals surface area contributed by atoms with E-state index in [0.717, 1.165) is 0 Å². The minimum Gasteiger partial charge on any atom is -0.481 e. The number of rotatable bonds is 3. The lowest BCUT2D eigenvalue weighted by molar-refractivity contribution is -0.145. The minimum atomic E-state index is -1.02. The van der Waals surface area contributed by atoms with Crippen LogP contribution in [0.15, 0.2) is 0 Å². The van der Waals surface area contributed by atoms with Gasteiger partial charge >= 0.3 is 5.97 Å². The molecule has 1 fully saturated rings. The summed E-state index contributed by atoms with van der Waals surface area (Å²) < 4.78 is 0. The molecule has 4 nitrogen and oxygen atoms in total. The second kappa shape index (κ2) is 2.21. The van der Waals surface area contributed by atoms with Crippen LogP contribution in [0.1, 0.15) is 6.42 Å². The fourth-order valence-corrected chi connectivity index (χ4v) is 1.14. The van der Waals surface area contributed by atoms with Gasteiger partial charge in [-0.15, -0.1) is 0 Å². The molecule has 0 spiro atoms. The van der Waals surface area contributed by atoms with Crippen LogP contribution in [0.5, 0.6) is 0 Å². The van der Waals surface area contributed by atoms with Crippen LogP contribution in [0.25, 0.3) is 0 Å². The van der Waals surface area contributed by atoms with E-state index in [0.29, 0.717) is 6.42 Å². The molecule has 0 amide bonds. The molecule has 10 heavy (non-hydrogen) atoms. The van der Waals surface area contributed by atoms with Crippen molar-refractivity contribution in [2.45, 2.75) is 6.42 Å². The fraction of sp³-hybridized carbons (Fsp3) is 0.833. The summed E-state index contributed by atoms with van der Waals surface area (Å²) in [6, 6.07) is 0. The molecule has 0 aliphatic heterocycles. The Bertz CT molecular complexity index is 156. The van der Waals surface area contributed by atoms with Crippen LogP contribution in [0.3, 0.4) is 0 Å². The van der Waals surface area contributed by atoms with Crippen molar-refractivity contribution in [2.24, 2.45) is 11.3 Å². The highest BCUT2D eigenvalue weighted by atomic mass is 16.4.